The molecule has 0 saturated heterocycles. The number of carbonyl (C=O) groups is 2. The Morgan fingerprint density at radius 3 is 2.44 bits per heavy atom. The van der Waals surface area contributed by atoms with Crippen molar-refractivity contribution in [2.45, 2.75) is 17.8 Å². The molecule has 0 aliphatic carbocycles. The first-order valence-corrected chi connectivity index (χ1v) is 11.7. The molecule has 0 spiro atoms. The summed E-state index contributed by atoms with van der Waals surface area (Å²) in [5.41, 5.74) is 3.70. The molecule has 2 N–H and O–H groups in total. The first kappa shape index (κ1) is 23.6. The van der Waals surface area contributed by atoms with Gasteiger partial charge in [-0.1, -0.05) is 41.3 Å². The van der Waals surface area contributed by atoms with E-state index in [1.54, 1.807) is 11.9 Å². The van der Waals surface area contributed by atoms with Gasteiger partial charge in [0.15, 0.2) is 4.34 Å². The van der Waals surface area contributed by atoms with Crippen LogP contribution in [0.4, 0.5) is 22.2 Å². The second kappa shape index (κ2) is 11.0. The summed E-state index contributed by atoms with van der Waals surface area (Å²) in [6, 6.07) is 15.5. The van der Waals surface area contributed by atoms with Crippen molar-refractivity contribution < 1.29 is 9.59 Å². The lowest BCUT2D eigenvalue weighted by Crippen LogP contribution is -2.27. The van der Waals surface area contributed by atoms with Crippen LogP contribution < -0.4 is 15.5 Å². The summed E-state index contributed by atoms with van der Waals surface area (Å²) in [5, 5.41) is 14.8. The molecule has 3 aromatic rings. The number of hydrogen-bond acceptors (Lipinski definition) is 8. The van der Waals surface area contributed by atoms with Gasteiger partial charge in [-0.25, -0.2) is 0 Å². The second-order valence-electron chi connectivity index (χ2n) is 7.36. The zero-order valence-corrected chi connectivity index (χ0v) is 20.1. The Kier molecular flexibility index (Phi) is 8.07. The summed E-state index contributed by atoms with van der Waals surface area (Å²) >= 11 is 2.74. The number of amides is 2. The molecule has 168 valence electrons. The van der Waals surface area contributed by atoms with Gasteiger partial charge in [0.2, 0.25) is 16.9 Å². The van der Waals surface area contributed by atoms with Crippen molar-refractivity contribution in [1.29, 1.82) is 0 Å². The van der Waals surface area contributed by atoms with E-state index in [4.69, 9.17) is 0 Å². The number of hydrogen-bond donors (Lipinski definition) is 2. The smallest absolute Gasteiger partial charge is 0.233 e. The monoisotopic (exact) mass is 470 g/mol. The molecule has 0 radical (unpaired) electrons. The Balaban J connectivity index is 1.50. The maximum atomic E-state index is 12.5. The van der Waals surface area contributed by atoms with Crippen LogP contribution in [0.25, 0.3) is 0 Å². The Hall–Kier alpha value is -3.11. The number of nitrogens with zero attached hydrogens (tertiary/aromatic N) is 4. The number of nitrogens with one attached hydrogen (secondary N) is 2. The van der Waals surface area contributed by atoms with E-state index in [1.807, 2.05) is 67.5 Å². The minimum atomic E-state index is -0.128. The van der Waals surface area contributed by atoms with Crippen molar-refractivity contribution >= 4 is 57.1 Å². The van der Waals surface area contributed by atoms with E-state index in [2.05, 4.69) is 20.8 Å². The molecule has 3 rings (SSSR count). The molecular weight excluding hydrogens is 444 g/mol. The normalized spacial score (nSPS) is 10.5. The molecule has 8 nitrogen and oxygen atoms in total. The Labute approximate surface area is 196 Å². The van der Waals surface area contributed by atoms with Gasteiger partial charge in [0.1, 0.15) is 0 Å². The largest absolute Gasteiger partial charge is 0.378 e. The number of aromatic nitrogens is 2. The van der Waals surface area contributed by atoms with Gasteiger partial charge in [-0.15, -0.1) is 10.2 Å². The van der Waals surface area contributed by atoms with Crippen molar-refractivity contribution in [3.05, 3.63) is 54.1 Å². The number of rotatable bonds is 9. The molecule has 1 heterocycles. The van der Waals surface area contributed by atoms with Crippen LogP contribution in [-0.2, 0) is 16.1 Å². The maximum Gasteiger partial charge on any atom is 0.233 e. The molecule has 2 aromatic carbocycles. The van der Waals surface area contributed by atoms with E-state index in [0.29, 0.717) is 27.5 Å². The molecule has 0 bridgehead atoms. The molecule has 2 amide bonds. The lowest BCUT2D eigenvalue weighted by atomic mass is 10.2. The van der Waals surface area contributed by atoms with Crippen LogP contribution in [0, 0.1) is 0 Å². The SMILES string of the molecule is CC(=O)Nc1cccc(Nc2nnc(SCC(=O)N(C)Cc3ccc(N(C)C)cc3)s2)c1. The predicted octanol–water partition coefficient (Wildman–Crippen LogP) is 4.06. The first-order chi connectivity index (χ1) is 15.3. The summed E-state index contributed by atoms with van der Waals surface area (Å²) in [4.78, 5) is 27.5. The summed E-state index contributed by atoms with van der Waals surface area (Å²) in [6.45, 7) is 2.02. The summed E-state index contributed by atoms with van der Waals surface area (Å²) in [7, 11) is 5.80. The highest BCUT2D eigenvalue weighted by atomic mass is 32.2. The van der Waals surface area contributed by atoms with Crippen molar-refractivity contribution in [2.75, 3.05) is 42.4 Å². The standard InChI is InChI=1S/C22H26N6O2S2/c1-15(29)23-17-6-5-7-18(12-17)24-21-25-26-22(32-21)31-14-20(30)28(4)13-16-8-10-19(11-9-16)27(2)3/h5-12H,13-14H2,1-4H3,(H,23,29)(H,24,25). The molecule has 10 heteroatoms. The zero-order valence-electron chi connectivity index (χ0n) is 18.5. The summed E-state index contributed by atoms with van der Waals surface area (Å²) < 4.78 is 0.711. The maximum absolute atomic E-state index is 12.5. The van der Waals surface area contributed by atoms with Gasteiger partial charge < -0.3 is 20.4 Å². The van der Waals surface area contributed by atoms with Gasteiger partial charge in [-0.2, -0.15) is 0 Å². The van der Waals surface area contributed by atoms with Crippen LogP contribution in [0.2, 0.25) is 0 Å². The molecule has 0 aliphatic rings. The third kappa shape index (κ3) is 6.96. The van der Waals surface area contributed by atoms with Gasteiger partial charge in [0, 0.05) is 51.7 Å². The minimum absolute atomic E-state index is 0.0272. The number of carbonyl (C=O) groups excluding carboxylic acids is 2. The highest BCUT2D eigenvalue weighted by Crippen LogP contribution is 2.28. The quantitative estimate of drug-likeness (QED) is 0.456. The van der Waals surface area contributed by atoms with Crippen LogP contribution in [-0.4, -0.2) is 53.8 Å². The van der Waals surface area contributed by atoms with Crippen LogP contribution in [0.15, 0.2) is 52.9 Å². The van der Waals surface area contributed by atoms with Gasteiger partial charge in [0.25, 0.3) is 0 Å². The van der Waals surface area contributed by atoms with E-state index in [9.17, 15) is 9.59 Å². The molecule has 0 fully saturated rings. The topological polar surface area (TPSA) is 90.5 Å². The van der Waals surface area contributed by atoms with E-state index >= 15 is 0 Å². The highest BCUT2D eigenvalue weighted by molar-refractivity contribution is 8.01. The highest BCUT2D eigenvalue weighted by Gasteiger charge is 2.13. The average Bonchev–Trinajstić information content (AvgIpc) is 3.19. The molecule has 0 unspecified atom stereocenters. The second-order valence-corrected chi connectivity index (χ2v) is 9.56. The van der Waals surface area contributed by atoms with Gasteiger partial charge in [0.05, 0.1) is 5.75 Å². The lowest BCUT2D eigenvalue weighted by molar-refractivity contribution is -0.127. The number of anilines is 4. The van der Waals surface area contributed by atoms with Crippen molar-refractivity contribution in [3.63, 3.8) is 0 Å². The molecular formula is C22H26N6O2S2. The van der Waals surface area contributed by atoms with Crippen molar-refractivity contribution in [1.82, 2.24) is 15.1 Å². The fourth-order valence-corrected chi connectivity index (χ4v) is 4.53. The van der Waals surface area contributed by atoms with Crippen LogP contribution in [0.1, 0.15) is 12.5 Å². The summed E-state index contributed by atoms with van der Waals surface area (Å²) in [5.74, 6) is 0.190. The van der Waals surface area contributed by atoms with E-state index in [0.717, 1.165) is 16.9 Å². The Morgan fingerprint density at radius 1 is 1.03 bits per heavy atom. The third-order valence-corrected chi connectivity index (χ3v) is 6.41. The molecule has 0 saturated carbocycles. The Morgan fingerprint density at radius 2 is 1.75 bits per heavy atom. The molecule has 32 heavy (non-hydrogen) atoms. The number of benzene rings is 2. The van der Waals surface area contributed by atoms with E-state index in [1.165, 1.54) is 30.0 Å². The average molecular weight is 471 g/mol. The third-order valence-electron chi connectivity index (χ3n) is 4.46. The molecule has 0 atom stereocenters. The predicted molar refractivity (Wildman–Crippen MR) is 132 cm³/mol. The number of thioether (sulfide) groups is 1. The minimum Gasteiger partial charge on any atom is -0.378 e. The Bertz CT molecular complexity index is 1070. The first-order valence-electron chi connectivity index (χ1n) is 9.91. The van der Waals surface area contributed by atoms with Gasteiger partial charge in [-0.3, -0.25) is 9.59 Å². The van der Waals surface area contributed by atoms with Crippen LogP contribution >= 0.6 is 23.1 Å². The molecule has 0 aliphatic heterocycles. The van der Waals surface area contributed by atoms with Crippen LogP contribution in [0.5, 0.6) is 0 Å². The van der Waals surface area contributed by atoms with Crippen molar-refractivity contribution in [3.8, 4) is 0 Å². The van der Waals surface area contributed by atoms with E-state index < -0.39 is 0 Å². The fraction of sp³-hybridized carbons (Fsp3) is 0.273. The zero-order chi connectivity index (χ0) is 23.1. The summed E-state index contributed by atoms with van der Waals surface area (Å²) in [6.07, 6.45) is 0. The van der Waals surface area contributed by atoms with Gasteiger partial charge >= 0.3 is 0 Å². The lowest BCUT2D eigenvalue weighted by Gasteiger charge is -2.18. The molecule has 1 aromatic heterocycles. The van der Waals surface area contributed by atoms with Gasteiger partial charge in [-0.05, 0) is 35.9 Å². The van der Waals surface area contributed by atoms with Crippen molar-refractivity contribution in [2.24, 2.45) is 0 Å². The van der Waals surface area contributed by atoms with E-state index in [-0.39, 0.29) is 11.8 Å². The fourth-order valence-electron chi connectivity index (χ4n) is 2.82. The van der Waals surface area contributed by atoms with Crippen LogP contribution in [0.3, 0.4) is 0 Å².